The number of hydrazine groups is 1. The van der Waals surface area contributed by atoms with Gasteiger partial charge in [-0.2, -0.15) is 0 Å². The average molecular weight is 359 g/mol. The van der Waals surface area contributed by atoms with Gasteiger partial charge >= 0.3 is 0 Å². The van der Waals surface area contributed by atoms with Crippen LogP contribution in [0.25, 0.3) is 0 Å². The van der Waals surface area contributed by atoms with E-state index in [0.29, 0.717) is 15.7 Å². The molecule has 0 aliphatic rings. The number of hydrogen-bond acceptors (Lipinski definition) is 3. The molecule has 0 aromatic heterocycles. The summed E-state index contributed by atoms with van der Waals surface area (Å²) < 4.78 is 1.34. The van der Waals surface area contributed by atoms with Gasteiger partial charge in [0.2, 0.25) is 0 Å². The Balaban J connectivity index is 2.28. The van der Waals surface area contributed by atoms with Crippen LogP contribution in [0.3, 0.4) is 0 Å². The van der Waals surface area contributed by atoms with E-state index in [-0.39, 0.29) is 6.42 Å². The van der Waals surface area contributed by atoms with Crippen LogP contribution in [-0.2, 0) is 11.2 Å². The Morgan fingerprint density at radius 1 is 1.18 bits per heavy atom. The van der Waals surface area contributed by atoms with Crippen molar-refractivity contribution in [1.82, 2.24) is 5.43 Å². The summed E-state index contributed by atoms with van der Waals surface area (Å²) in [5, 5.41) is 1.000. The third-order valence-electron chi connectivity index (χ3n) is 3.15. The smallest absolute Gasteiger partial charge is 0.258 e. The number of nitrogens with zero attached hydrogens (tertiary/aromatic N) is 1. The first-order chi connectivity index (χ1) is 10.5. The molecule has 22 heavy (non-hydrogen) atoms. The molecule has 116 valence electrons. The van der Waals surface area contributed by atoms with Crippen molar-refractivity contribution in [1.29, 1.82) is 0 Å². The van der Waals surface area contributed by atoms with Crippen molar-refractivity contribution in [3.8, 4) is 0 Å². The fourth-order valence-electron chi connectivity index (χ4n) is 2.02. The first kappa shape index (κ1) is 16.9. The molecule has 3 N–H and O–H groups in total. The highest BCUT2D eigenvalue weighted by molar-refractivity contribution is 6.35. The van der Waals surface area contributed by atoms with Crippen LogP contribution in [0.2, 0.25) is 10.0 Å². The molecule has 0 aliphatic heterocycles. The number of amides is 1. The molecule has 0 saturated carbocycles. The van der Waals surface area contributed by atoms with Crippen LogP contribution in [-0.4, -0.2) is 11.9 Å². The fourth-order valence-corrected chi connectivity index (χ4v) is 2.77. The van der Waals surface area contributed by atoms with Crippen LogP contribution >= 0.6 is 35.0 Å². The normalized spacial score (nSPS) is 11.8. The molecule has 0 radical (unpaired) electrons. The SMILES string of the molecule is NNC(=O)C(Cc1ccc(Cl)cc1Cl)N(Cl)c1ccccc1. The van der Waals surface area contributed by atoms with Gasteiger partial charge in [-0.3, -0.25) is 14.6 Å². The van der Waals surface area contributed by atoms with Crippen LogP contribution in [0.1, 0.15) is 5.56 Å². The van der Waals surface area contributed by atoms with E-state index in [4.69, 9.17) is 40.8 Å². The van der Waals surface area contributed by atoms with E-state index in [1.165, 1.54) is 4.42 Å². The number of carbonyl (C=O) groups is 1. The molecule has 0 aliphatic carbocycles. The lowest BCUT2D eigenvalue weighted by atomic mass is 10.0. The van der Waals surface area contributed by atoms with Gasteiger partial charge in [0.05, 0.1) is 5.69 Å². The molecule has 1 amide bonds. The number of anilines is 1. The van der Waals surface area contributed by atoms with Crippen molar-refractivity contribution in [2.24, 2.45) is 5.84 Å². The van der Waals surface area contributed by atoms with Crippen molar-refractivity contribution in [2.45, 2.75) is 12.5 Å². The zero-order valence-electron chi connectivity index (χ0n) is 11.5. The van der Waals surface area contributed by atoms with E-state index in [1.807, 2.05) is 18.2 Å². The minimum atomic E-state index is -0.715. The van der Waals surface area contributed by atoms with Crippen LogP contribution in [0, 0.1) is 0 Å². The van der Waals surface area contributed by atoms with Crippen molar-refractivity contribution >= 4 is 46.6 Å². The minimum Gasteiger partial charge on any atom is -0.292 e. The Labute approximate surface area is 143 Å². The second-order valence-corrected chi connectivity index (χ2v) is 5.82. The number of benzene rings is 2. The second-order valence-electron chi connectivity index (χ2n) is 4.61. The average Bonchev–Trinajstić information content (AvgIpc) is 2.53. The summed E-state index contributed by atoms with van der Waals surface area (Å²) in [6.07, 6.45) is 0.289. The summed E-state index contributed by atoms with van der Waals surface area (Å²) >= 11 is 18.4. The van der Waals surface area contributed by atoms with E-state index in [1.54, 1.807) is 30.3 Å². The zero-order chi connectivity index (χ0) is 16.1. The molecule has 0 fully saturated rings. The Morgan fingerprint density at radius 2 is 1.86 bits per heavy atom. The fraction of sp³-hybridized carbons (Fsp3) is 0.133. The molecule has 1 unspecified atom stereocenters. The van der Waals surface area contributed by atoms with Gasteiger partial charge in [-0.1, -0.05) is 47.5 Å². The maximum atomic E-state index is 12.1. The molecular formula is C15H14Cl3N3O. The van der Waals surface area contributed by atoms with E-state index >= 15 is 0 Å². The van der Waals surface area contributed by atoms with Crippen molar-refractivity contribution in [3.05, 3.63) is 64.1 Å². The molecule has 2 aromatic carbocycles. The van der Waals surface area contributed by atoms with Crippen molar-refractivity contribution < 1.29 is 4.79 Å². The molecule has 0 heterocycles. The van der Waals surface area contributed by atoms with Crippen LogP contribution < -0.4 is 15.7 Å². The molecule has 0 saturated heterocycles. The number of rotatable bonds is 5. The largest absolute Gasteiger partial charge is 0.292 e. The Bertz CT molecular complexity index is 652. The van der Waals surface area contributed by atoms with Crippen molar-refractivity contribution in [3.63, 3.8) is 0 Å². The zero-order valence-corrected chi connectivity index (χ0v) is 13.7. The first-order valence-corrected chi connectivity index (χ1v) is 7.56. The predicted molar refractivity (Wildman–Crippen MR) is 91.1 cm³/mol. The number of carbonyl (C=O) groups excluding carboxylic acids is 1. The summed E-state index contributed by atoms with van der Waals surface area (Å²) in [6.45, 7) is 0. The monoisotopic (exact) mass is 357 g/mol. The highest BCUT2D eigenvalue weighted by Gasteiger charge is 2.26. The van der Waals surface area contributed by atoms with Gasteiger partial charge in [-0.05, 0) is 29.8 Å². The molecule has 4 nitrogen and oxygen atoms in total. The van der Waals surface area contributed by atoms with Gasteiger partial charge < -0.3 is 0 Å². The summed E-state index contributed by atoms with van der Waals surface area (Å²) in [5.74, 6) is 4.85. The second kappa shape index (κ2) is 7.70. The maximum Gasteiger partial charge on any atom is 0.258 e. The maximum absolute atomic E-state index is 12.1. The first-order valence-electron chi connectivity index (χ1n) is 6.47. The highest BCUT2D eigenvalue weighted by Crippen LogP contribution is 2.26. The Morgan fingerprint density at radius 3 is 2.45 bits per heavy atom. The number of para-hydroxylation sites is 1. The van der Waals surface area contributed by atoms with Gasteiger partial charge in [-0.25, -0.2) is 5.84 Å². The summed E-state index contributed by atoms with van der Waals surface area (Å²) in [5.41, 5.74) is 3.57. The Kier molecular flexibility index (Phi) is 5.91. The van der Waals surface area contributed by atoms with Gasteiger partial charge in [0, 0.05) is 28.2 Å². The molecule has 0 bridgehead atoms. The molecular weight excluding hydrogens is 345 g/mol. The van der Waals surface area contributed by atoms with E-state index < -0.39 is 11.9 Å². The number of halogens is 3. The highest BCUT2D eigenvalue weighted by atomic mass is 35.5. The van der Waals surface area contributed by atoms with Gasteiger partial charge in [0.1, 0.15) is 6.04 Å². The van der Waals surface area contributed by atoms with Gasteiger partial charge in [0.25, 0.3) is 5.91 Å². The summed E-state index contributed by atoms with van der Waals surface area (Å²) in [4.78, 5) is 12.1. The molecule has 1 atom stereocenters. The van der Waals surface area contributed by atoms with E-state index in [9.17, 15) is 4.79 Å². The summed E-state index contributed by atoms with van der Waals surface area (Å²) in [7, 11) is 0. The standard InChI is InChI=1S/C15H14Cl3N3O/c16-11-7-6-10(13(17)9-11)8-14(15(22)20-19)21(18)12-4-2-1-3-5-12/h1-7,9,14H,8,19H2,(H,20,22). The number of nitrogens with two attached hydrogens (primary N) is 1. The topological polar surface area (TPSA) is 58.4 Å². The van der Waals surface area contributed by atoms with Crippen molar-refractivity contribution in [2.75, 3.05) is 4.42 Å². The summed E-state index contributed by atoms with van der Waals surface area (Å²) in [6, 6.07) is 13.5. The number of nitrogens with one attached hydrogen (secondary N) is 1. The lowest BCUT2D eigenvalue weighted by Crippen LogP contribution is -2.47. The lowest BCUT2D eigenvalue weighted by Gasteiger charge is -2.26. The van der Waals surface area contributed by atoms with Gasteiger partial charge in [-0.15, -0.1) is 0 Å². The molecule has 2 aromatic rings. The predicted octanol–water partition coefficient (Wildman–Crippen LogP) is 3.55. The Hall–Kier alpha value is -1.46. The van der Waals surface area contributed by atoms with E-state index in [2.05, 4.69) is 5.43 Å². The quantitative estimate of drug-likeness (QED) is 0.372. The van der Waals surface area contributed by atoms with Crippen LogP contribution in [0.15, 0.2) is 48.5 Å². The van der Waals surface area contributed by atoms with Crippen LogP contribution in [0.4, 0.5) is 5.69 Å². The van der Waals surface area contributed by atoms with Gasteiger partial charge in [0.15, 0.2) is 0 Å². The van der Waals surface area contributed by atoms with Crippen LogP contribution in [0.5, 0.6) is 0 Å². The molecule has 2 rings (SSSR count). The minimum absolute atomic E-state index is 0.289. The number of hydrogen-bond donors (Lipinski definition) is 2. The lowest BCUT2D eigenvalue weighted by molar-refractivity contribution is -0.122. The third kappa shape index (κ3) is 4.05. The van der Waals surface area contributed by atoms with E-state index in [0.717, 1.165) is 5.56 Å². The third-order valence-corrected chi connectivity index (χ3v) is 4.17. The molecule has 7 heteroatoms. The molecule has 0 spiro atoms.